The Balaban J connectivity index is 1.63. The maximum absolute atomic E-state index is 9.15. The quantitative estimate of drug-likeness (QED) is 0.283. The van der Waals surface area contributed by atoms with Crippen molar-refractivity contribution in [1.82, 2.24) is 4.98 Å². The van der Waals surface area contributed by atoms with Gasteiger partial charge in [0.15, 0.2) is 0 Å². The highest BCUT2D eigenvalue weighted by atomic mass is 32.1. The SMILES string of the molecule is Cc1ccc(N(c2ccc(C)cc2)c2cc3c(cn2)-c2sc(C=C(C#N)C#N)cc2C3(C)C)cc1. The topological polar surface area (TPSA) is 63.7 Å². The number of pyridine rings is 1. The molecular formula is C30H24N4S. The van der Waals surface area contributed by atoms with E-state index in [2.05, 4.69) is 93.3 Å². The normalized spacial score (nSPS) is 12.7. The first-order chi connectivity index (χ1) is 16.8. The van der Waals surface area contributed by atoms with Crippen LogP contribution < -0.4 is 4.90 Å². The van der Waals surface area contributed by atoms with E-state index >= 15 is 0 Å². The van der Waals surface area contributed by atoms with Crippen molar-refractivity contribution >= 4 is 34.6 Å². The van der Waals surface area contributed by atoms with Crippen LogP contribution in [0.15, 0.2) is 72.4 Å². The summed E-state index contributed by atoms with van der Waals surface area (Å²) in [6.07, 6.45) is 3.63. The number of thiophene rings is 1. The van der Waals surface area contributed by atoms with Crippen molar-refractivity contribution in [3.05, 3.63) is 99.6 Å². The Morgan fingerprint density at radius 2 is 1.46 bits per heavy atom. The molecule has 2 aromatic heterocycles. The second kappa shape index (κ2) is 8.55. The zero-order valence-corrected chi connectivity index (χ0v) is 20.9. The Kier molecular flexibility index (Phi) is 5.52. The summed E-state index contributed by atoms with van der Waals surface area (Å²) in [5.41, 5.74) is 7.98. The van der Waals surface area contributed by atoms with Gasteiger partial charge in [0, 0.05) is 38.3 Å². The maximum Gasteiger partial charge on any atom is 0.137 e. The number of nitrogens with zero attached hydrogens (tertiary/aromatic N) is 4. The number of anilines is 3. The summed E-state index contributed by atoms with van der Waals surface area (Å²) in [5, 5.41) is 18.3. The maximum atomic E-state index is 9.15. The summed E-state index contributed by atoms with van der Waals surface area (Å²) in [6, 6.07) is 25.2. The second-order valence-corrected chi connectivity index (χ2v) is 10.5. The molecule has 2 heterocycles. The van der Waals surface area contributed by atoms with Crippen LogP contribution in [0.2, 0.25) is 0 Å². The van der Waals surface area contributed by atoms with Crippen molar-refractivity contribution in [1.29, 1.82) is 10.5 Å². The van der Waals surface area contributed by atoms with Gasteiger partial charge in [-0.1, -0.05) is 49.2 Å². The number of benzene rings is 2. The fourth-order valence-corrected chi connectivity index (χ4v) is 5.87. The minimum Gasteiger partial charge on any atom is -0.295 e. The third-order valence-corrected chi connectivity index (χ3v) is 7.69. The van der Waals surface area contributed by atoms with E-state index in [4.69, 9.17) is 15.5 Å². The van der Waals surface area contributed by atoms with Crippen LogP contribution in [0.25, 0.3) is 16.5 Å². The van der Waals surface area contributed by atoms with Crippen LogP contribution in [-0.4, -0.2) is 4.98 Å². The molecule has 1 aliphatic rings. The zero-order valence-electron chi connectivity index (χ0n) is 20.1. The molecule has 0 amide bonds. The summed E-state index contributed by atoms with van der Waals surface area (Å²) >= 11 is 1.60. The van der Waals surface area contributed by atoms with E-state index in [1.807, 2.05) is 18.3 Å². The van der Waals surface area contributed by atoms with Crippen molar-refractivity contribution in [2.24, 2.45) is 0 Å². The van der Waals surface area contributed by atoms with Crippen molar-refractivity contribution in [3.63, 3.8) is 0 Å². The van der Waals surface area contributed by atoms with Crippen LogP contribution >= 0.6 is 11.3 Å². The highest BCUT2D eigenvalue weighted by molar-refractivity contribution is 7.16. The molecule has 0 radical (unpaired) electrons. The van der Waals surface area contributed by atoms with Gasteiger partial charge in [0.25, 0.3) is 0 Å². The van der Waals surface area contributed by atoms with Gasteiger partial charge in [-0.25, -0.2) is 4.98 Å². The first-order valence-corrected chi connectivity index (χ1v) is 12.2. The summed E-state index contributed by atoms with van der Waals surface area (Å²) < 4.78 is 0. The molecule has 0 unspecified atom stereocenters. The molecule has 0 saturated carbocycles. The van der Waals surface area contributed by atoms with Crippen LogP contribution in [0.1, 0.15) is 41.0 Å². The molecule has 35 heavy (non-hydrogen) atoms. The fraction of sp³-hybridized carbons (Fsp3) is 0.167. The van der Waals surface area contributed by atoms with Gasteiger partial charge in [-0.15, -0.1) is 11.3 Å². The van der Waals surface area contributed by atoms with Crippen molar-refractivity contribution in [2.75, 3.05) is 4.90 Å². The van der Waals surface area contributed by atoms with Crippen molar-refractivity contribution in [3.8, 4) is 22.6 Å². The van der Waals surface area contributed by atoms with E-state index in [-0.39, 0.29) is 11.0 Å². The van der Waals surface area contributed by atoms with E-state index in [0.717, 1.165) is 32.5 Å². The van der Waals surface area contributed by atoms with Crippen LogP contribution in [0.3, 0.4) is 0 Å². The van der Waals surface area contributed by atoms with E-state index in [1.54, 1.807) is 17.4 Å². The molecule has 170 valence electrons. The monoisotopic (exact) mass is 472 g/mol. The highest BCUT2D eigenvalue weighted by Crippen LogP contribution is 2.53. The lowest BCUT2D eigenvalue weighted by atomic mass is 9.83. The second-order valence-electron chi connectivity index (χ2n) is 9.39. The summed E-state index contributed by atoms with van der Waals surface area (Å²) in [6.45, 7) is 8.63. The average Bonchev–Trinajstić information content (AvgIpc) is 3.37. The van der Waals surface area contributed by atoms with Gasteiger partial charge in [-0.3, -0.25) is 4.90 Å². The molecule has 0 spiro atoms. The number of allylic oxidation sites excluding steroid dienone is 1. The summed E-state index contributed by atoms with van der Waals surface area (Å²) in [5.74, 6) is 0.871. The molecule has 1 aliphatic carbocycles. The van der Waals surface area contributed by atoms with E-state index < -0.39 is 0 Å². The average molecular weight is 473 g/mol. The molecule has 0 N–H and O–H groups in total. The molecule has 0 bridgehead atoms. The molecule has 0 atom stereocenters. The molecule has 5 rings (SSSR count). The molecule has 0 aliphatic heterocycles. The molecule has 0 fully saturated rings. The number of nitriles is 2. The van der Waals surface area contributed by atoms with Gasteiger partial charge in [0.2, 0.25) is 0 Å². The largest absolute Gasteiger partial charge is 0.295 e. The third-order valence-electron chi connectivity index (χ3n) is 6.57. The number of hydrogen-bond donors (Lipinski definition) is 0. The van der Waals surface area contributed by atoms with Crippen LogP contribution in [-0.2, 0) is 5.41 Å². The molecular weight excluding hydrogens is 448 g/mol. The van der Waals surface area contributed by atoms with Crippen LogP contribution in [0.4, 0.5) is 17.2 Å². The minimum atomic E-state index is -0.226. The number of hydrogen-bond acceptors (Lipinski definition) is 5. The van der Waals surface area contributed by atoms with Crippen molar-refractivity contribution < 1.29 is 0 Å². The van der Waals surface area contributed by atoms with Gasteiger partial charge in [-0.2, -0.15) is 10.5 Å². The predicted molar refractivity (Wildman–Crippen MR) is 143 cm³/mol. The molecule has 4 nitrogen and oxygen atoms in total. The molecule has 0 saturated heterocycles. The summed E-state index contributed by atoms with van der Waals surface area (Å²) in [7, 11) is 0. The lowest BCUT2D eigenvalue weighted by molar-refractivity contribution is 0.661. The predicted octanol–water partition coefficient (Wildman–Crippen LogP) is 7.97. The van der Waals surface area contributed by atoms with Gasteiger partial charge in [0.1, 0.15) is 23.5 Å². The van der Waals surface area contributed by atoms with Crippen molar-refractivity contribution in [2.45, 2.75) is 33.1 Å². The smallest absolute Gasteiger partial charge is 0.137 e. The van der Waals surface area contributed by atoms with Gasteiger partial charge in [-0.05, 0) is 67.4 Å². The Hall–Kier alpha value is -4.19. The fourth-order valence-electron chi connectivity index (χ4n) is 4.59. The van der Waals surface area contributed by atoms with E-state index in [9.17, 15) is 0 Å². The standard InChI is InChI=1S/C30H24N4S/c1-19-5-9-22(10-6-19)34(23-11-7-20(2)8-12-23)28-15-26-25(18-33-28)29-27(30(26,3)4)14-24(35-29)13-21(16-31)17-32/h5-15,18H,1-4H3. The molecule has 4 aromatic rings. The lowest BCUT2D eigenvalue weighted by Gasteiger charge is -2.27. The van der Waals surface area contributed by atoms with Gasteiger partial charge < -0.3 is 0 Å². The first kappa shape index (κ1) is 22.6. The Morgan fingerprint density at radius 1 is 0.886 bits per heavy atom. The first-order valence-electron chi connectivity index (χ1n) is 11.4. The minimum absolute atomic E-state index is 0.114. The molecule has 5 heteroatoms. The lowest BCUT2D eigenvalue weighted by Crippen LogP contribution is -2.17. The highest BCUT2D eigenvalue weighted by Gasteiger charge is 2.38. The van der Waals surface area contributed by atoms with E-state index in [0.29, 0.717) is 0 Å². The van der Waals surface area contributed by atoms with E-state index in [1.165, 1.54) is 22.3 Å². The van der Waals surface area contributed by atoms with Gasteiger partial charge >= 0.3 is 0 Å². The summed E-state index contributed by atoms with van der Waals surface area (Å²) in [4.78, 5) is 9.19. The number of rotatable bonds is 4. The number of fused-ring (bicyclic) bond motifs is 3. The number of aromatic nitrogens is 1. The van der Waals surface area contributed by atoms with Gasteiger partial charge in [0.05, 0.1) is 0 Å². The Morgan fingerprint density at radius 3 is 2.00 bits per heavy atom. The molecule has 2 aromatic carbocycles. The van der Waals surface area contributed by atoms with Crippen LogP contribution in [0.5, 0.6) is 0 Å². The zero-order chi connectivity index (χ0) is 24.7. The number of aryl methyl sites for hydroxylation is 2. The Bertz CT molecular complexity index is 1480. The van der Waals surface area contributed by atoms with Crippen LogP contribution in [0, 0.1) is 36.5 Å². The Labute approximate surface area is 210 Å². The third kappa shape index (κ3) is 3.91.